The summed E-state index contributed by atoms with van der Waals surface area (Å²) < 4.78 is 30.3. The van der Waals surface area contributed by atoms with Gasteiger partial charge in [0.25, 0.3) is 0 Å². The Labute approximate surface area is 215 Å². The molecule has 36 heavy (non-hydrogen) atoms. The zero-order valence-electron chi connectivity index (χ0n) is 22.1. The lowest BCUT2D eigenvalue weighted by molar-refractivity contribution is 0.237. The van der Waals surface area contributed by atoms with Crippen LogP contribution in [0.15, 0.2) is 21.7 Å². The third kappa shape index (κ3) is 7.57. The quantitative estimate of drug-likeness (QED) is 0.309. The van der Waals surface area contributed by atoms with E-state index in [1.807, 2.05) is 0 Å². The number of carbonyl (C=O) groups excluding carboxylic acids is 1. The molecule has 2 N–H and O–H groups in total. The van der Waals surface area contributed by atoms with Crippen LogP contribution >= 0.6 is 0 Å². The molecule has 2 amide bonds. The molecule has 0 aliphatic carbocycles. The first-order valence-electron chi connectivity index (χ1n) is 13.6. The highest BCUT2D eigenvalue weighted by Gasteiger charge is 2.30. The van der Waals surface area contributed by atoms with Crippen molar-refractivity contribution in [2.24, 2.45) is 0 Å². The van der Waals surface area contributed by atoms with Crippen LogP contribution in [0.25, 0.3) is 11.0 Å². The first-order chi connectivity index (χ1) is 17.3. The Morgan fingerprint density at radius 2 is 1.67 bits per heavy atom. The number of carbonyl (C=O) groups is 1. The molecule has 3 rings (SSSR count). The summed E-state index contributed by atoms with van der Waals surface area (Å²) in [6.07, 6.45) is 13.5. The van der Waals surface area contributed by atoms with E-state index in [-0.39, 0.29) is 22.5 Å². The molecule has 2 heterocycles. The summed E-state index contributed by atoms with van der Waals surface area (Å²) >= 11 is 0. The molecule has 10 heteroatoms. The van der Waals surface area contributed by atoms with Crippen LogP contribution < -0.4 is 15.5 Å². The van der Waals surface area contributed by atoms with Crippen molar-refractivity contribution in [3.63, 3.8) is 0 Å². The third-order valence-corrected chi connectivity index (χ3v) is 9.15. The van der Waals surface area contributed by atoms with Gasteiger partial charge in [-0.3, -0.25) is 0 Å². The average Bonchev–Trinajstić information content (AvgIpc) is 3.51. The molecule has 1 aliphatic rings. The van der Waals surface area contributed by atoms with Gasteiger partial charge in [0.2, 0.25) is 0 Å². The summed E-state index contributed by atoms with van der Waals surface area (Å²) in [4.78, 5) is 14.6. The molecule has 1 aliphatic heterocycles. The number of rotatable bonds is 15. The van der Waals surface area contributed by atoms with Gasteiger partial charge >= 0.3 is 6.03 Å². The predicted molar refractivity (Wildman–Crippen MR) is 143 cm³/mol. The van der Waals surface area contributed by atoms with E-state index in [2.05, 4.69) is 32.8 Å². The molecule has 1 aromatic heterocycles. The van der Waals surface area contributed by atoms with Crippen molar-refractivity contribution in [3.8, 4) is 0 Å². The Hall–Kier alpha value is -2.36. The van der Waals surface area contributed by atoms with Gasteiger partial charge in [-0.1, -0.05) is 64.7 Å². The summed E-state index contributed by atoms with van der Waals surface area (Å²) in [6.45, 7) is 7.55. The minimum atomic E-state index is -3.51. The van der Waals surface area contributed by atoms with E-state index in [0.29, 0.717) is 18.6 Å². The van der Waals surface area contributed by atoms with Gasteiger partial charge < -0.3 is 15.5 Å². The summed E-state index contributed by atoms with van der Waals surface area (Å²) in [5.41, 5.74) is 1.46. The number of nitrogens with one attached hydrogen (secondary N) is 2. The van der Waals surface area contributed by atoms with Gasteiger partial charge in [-0.25, -0.2) is 17.8 Å². The van der Waals surface area contributed by atoms with E-state index in [9.17, 15) is 13.2 Å². The Balaban J connectivity index is 1.39. The van der Waals surface area contributed by atoms with E-state index >= 15 is 0 Å². The molecule has 0 bridgehead atoms. The first kappa shape index (κ1) is 28.2. The molecule has 1 saturated heterocycles. The van der Waals surface area contributed by atoms with Gasteiger partial charge in [-0.2, -0.15) is 0 Å². The number of nitrogens with zero attached hydrogens (tertiary/aromatic N) is 3. The smallest absolute Gasteiger partial charge is 0.315 e. The van der Waals surface area contributed by atoms with Crippen molar-refractivity contribution in [2.75, 3.05) is 24.5 Å². The molecule has 202 valence electrons. The number of unbranched alkanes of at least 4 members (excludes halogenated alkanes) is 9. The monoisotopic (exact) mass is 521 g/mol. The minimum Gasteiger partial charge on any atom is -0.367 e. The molecule has 1 unspecified atom stereocenters. The Bertz CT molecular complexity index is 1070. The van der Waals surface area contributed by atoms with Crippen LogP contribution in [0.5, 0.6) is 0 Å². The average molecular weight is 522 g/mol. The van der Waals surface area contributed by atoms with Crippen LogP contribution in [0.3, 0.4) is 0 Å². The normalized spacial score (nSPS) is 16.2. The largest absolute Gasteiger partial charge is 0.367 e. The van der Waals surface area contributed by atoms with Crippen molar-refractivity contribution in [3.05, 3.63) is 12.1 Å². The van der Waals surface area contributed by atoms with Gasteiger partial charge in [0.05, 0.1) is 15.8 Å². The van der Waals surface area contributed by atoms with Crippen molar-refractivity contribution in [1.29, 1.82) is 0 Å². The second-order valence-corrected chi connectivity index (χ2v) is 12.6. The molecule has 9 nitrogen and oxygen atoms in total. The van der Waals surface area contributed by atoms with Crippen LogP contribution in [-0.4, -0.2) is 55.7 Å². The Morgan fingerprint density at radius 3 is 2.33 bits per heavy atom. The molecule has 1 atom stereocenters. The van der Waals surface area contributed by atoms with Crippen molar-refractivity contribution >= 4 is 32.6 Å². The maximum atomic E-state index is 12.7. The van der Waals surface area contributed by atoms with Crippen LogP contribution in [0.2, 0.25) is 0 Å². The molecule has 0 spiro atoms. The van der Waals surface area contributed by atoms with Gasteiger partial charge in [0.1, 0.15) is 0 Å². The lowest BCUT2D eigenvalue weighted by Crippen LogP contribution is -2.43. The third-order valence-electron chi connectivity index (χ3n) is 6.96. The topological polar surface area (TPSA) is 117 Å². The molecule has 1 fully saturated rings. The highest BCUT2D eigenvalue weighted by atomic mass is 32.2. The minimum absolute atomic E-state index is 0.00620. The predicted octanol–water partition coefficient (Wildman–Crippen LogP) is 5.20. The second-order valence-electron chi connectivity index (χ2n) is 10.2. The molecule has 1 aromatic carbocycles. The van der Waals surface area contributed by atoms with Gasteiger partial charge in [-0.15, -0.1) is 0 Å². The van der Waals surface area contributed by atoms with Gasteiger partial charge in [-0.05, 0) is 49.1 Å². The number of aromatic nitrogens is 2. The Kier molecular flexibility index (Phi) is 10.8. The zero-order valence-corrected chi connectivity index (χ0v) is 22.9. The SMILES string of the molecule is CCCCCCCCCCCCNC(=O)NC1CCN(c2ccc(S(=O)(=O)C(C)C)c3nonc23)C1. The summed E-state index contributed by atoms with van der Waals surface area (Å²) in [5, 5.41) is 13.3. The fourth-order valence-electron chi connectivity index (χ4n) is 4.72. The molecule has 0 saturated carbocycles. The van der Waals surface area contributed by atoms with E-state index in [4.69, 9.17) is 4.63 Å². The van der Waals surface area contributed by atoms with Crippen LogP contribution in [0.1, 0.15) is 91.4 Å². The summed E-state index contributed by atoms with van der Waals surface area (Å²) in [6, 6.07) is 3.21. The molecule has 2 aromatic rings. The maximum absolute atomic E-state index is 12.7. The van der Waals surface area contributed by atoms with Crippen LogP contribution in [0.4, 0.5) is 10.5 Å². The number of amides is 2. The standard InChI is InChI=1S/C26H43N5O4S/c1-4-5-6-7-8-9-10-11-12-13-17-27-26(32)28-21-16-18-31(19-21)22-14-15-23(36(33,34)20(2)3)25-24(22)29-35-30-25/h14-15,20-21H,4-13,16-19H2,1-3H3,(H2,27,28,32). The Morgan fingerprint density at radius 1 is 1.03 bits per heavy atom. The first-order valence-corrected chi connectivity index (χ1v) is 15.2. The van der Waals surface area contributed by atoms with Crippen LogP contribution in [-0.2, 0) is 9.84 Å². The highest BCUT2D eigenvalue weighted by Crippen LogP contribution is 2.32. The molecular weight excluding hydrogens is 478 g/mol. The van der Waals surface area contributed by atoms with E-state index in [1.54, 1.807) is 26.0 Å². The molecular formula is C26H43N5O4S. The number of anilines is 1. The summed E-state index contributed by atoms with van der Waals surface area (Å²) in [5.74, 6) is 0. The summed E-state index contributed by atoms with van der Waals surface area (Å²) in [7, 11) is -3.51. The maximum Gasteiger partial charge on any atom is 0.315 e. The number of sulfone groups is 1. The lowest BCUT2D eigenvalue weighted by atomic mass is 10.1. The molecule has 0 radical (unpaired) electrons. The van der Waals surface area contributed by atoms with Crippen molar-refractivity contribution in [2.45, 2.75) is 108 Å². The number of urea groups is 1. The van der Waals surface area contributed by atoms with Crippen molar-refractivity contribution < 1.29 is 17.8 Å². The van der Waals surface area contributed by atoms with E-state index in [1.165, 1.54) is 51.4 Å². The van der Waals surface area contributed by atoms with Crippen molar-refractivity contribution in [1.82, 2.24) is 20.9 Å². The fraction of sp³-hybridized carbons (Fsp3) is 0.731. The highest BCUT2D eigenvalue weighted by molar-refractivity contribution is 7.92. The van der Waals surface area contributed by atoms with E-state index in [0.717, 1.165) is 31.5 Å². The number of fused-ring (bicyclic) bond motifs is 1. The number of hydrogen-bond acceptors (Lipinski definition) is 7. The van der Waals surface area contributed by atoms with Gasteiger partial charge in [0, 0.05) is 25.7 Å². The number of benzene rings is 1. The zero-order chi connectivity index (χ0) is 26.0. The van der Waals surface area contributed by atoms with Crippen LogP contribution in [0, 0.1) is 0 Å². The van der Waals surface area contributed by atoms with Gasteiger partial charge in [0.15, 0.2) is 20.9 Å². The lowest BCUT2D eigenvalue weighted by Gasteiger charge is -2.20. The van der Waals surface area contributed by atoms with E-state index < -0.39 is 15.1 Å². The fourth-order valence-corrected chi connectivity index (χ4v) is 5.89. The number of hydrogen-bond donors (Lipinski definition) is 2. The second kappa shape index (κ2) is 13.8.